The minimum absolute atomic E-state index is 0.275. The number of hydrogen-bond acceptors (Lipinski definition) is 3. The number of guanidine groups is 1. The highest BCUT2D eigenvalue weighted by Crippen LogP contribution is 2.26. The van der Waals surface area contributed by atoms with Gasteiger partial charge in [0.15, 0.2) is 5.96 Å². The summed E-state index contributed by atoms with van der Waals surface area (Å²) in [6.45, 7) is 8.46. The van der Waals surface area contributed by atoms with E-state index in [2.05, 4.69) is 39.3 Å². The molecule has 0 bridgehead atoms. The summed E-state index contributed by atoms with van der Waals surface area (Å²) in [6, 6.07) is 1.49. The lowest BCUT2D eigenvalue weighted by Gasteiger charge is -2.38. The summed E-state index contributed by atoms with van der Waals surface area (Å²) in [5, 5.41) is 7.06. The van der Waals surface area contributed by atoms with Gasteiger partial charge in [0.05, 0.1) is 0 Å². The molecule has 0 aromatic heterocycles. The molecule has 3 unspecified atom stereocenters. The number of carbonyl (C=O) groups is 1. The molecule has 0 aromatic carbocycles. The fourth-order valence-electron chi connectivity index (χ4n) is 5.21. The monoisotopic (exact) mass is 391 g/mol. The van der Waals surface area contributed by atoms with E-state index in [0.29, 0.717) is 24.0 Å². The Hall–Kier alpha value is -1.30. The van der Waals surface area contributed by atoms with Crippen LogP contribution in [-0.2, 0) is 4.79 Å². The molecule has 2 N–H and O–H groups in total. The van der Waals surface area contributed by atoms with Crippen LogP contribution in [0.2, 0.25) is 0 Å². The standard InChI is InChI=1S/C22H41N5O/c1-17-9-7-8-13-27(17)18(2)15-24-22(23-3)25-20-12-14-26(16-20)21(28)19-10-5-4-6-11-19/h17-20H,4-16H2,1-3H3,(H2,23,24,25). The second kappa shape index (κ2) is 10.5. The third-order valence-electron chi connectivity index (χ3n) is 7.00. The van der Waals surface area contributed by atoms with E-state index in [4.69, 9.17) is 0 Å². The molecule has 2 heterocycles. The van der Waals surface area contributed by atoms with E-state index in [1.807, 2.05) is 7.05 Å². The summed E-state index contributed by atoms with van der Waals surface area (Å²) in [6.07, 6.45) is 10.9. The summed E-state index contributed by atoms with van der Waals surface area (Å²) in [5.74, 6) is 1.53. The minimum atomic E-state index is 0.275. The molecule has 0 spiro atoms. The summed E-state index contributed by atoms with van der Waals surface area (Å²) in [4.78, 5) is 21.9. The van der Waals surface area contributed by atoms with Gasteiger partial charge in [-0.1, -0.05) is 25.7 Å². The lowest BCUT2D eigenvalue weighted by molar-refractivity contribution is -0.135. The Morgan fingerprint density at radius 1 is 1.07 bits per heavy atom. The smallest absolute Gasteiger partial charge is 0.225 e. The molecule has 2 aliphatic heterocycles. The van der Waals surface area contributed by atoms with Crippen molar-refractivity contribution in [3.05, 3.63) is 0 Å². The normalized spacial score (nSPS) is 29.0. The van der Waals surface area contributed by atoms with Crippen molar-refractivity contribution in [3.8, 4) is 0 Å². The van der Waals surface area contributed by atoms with Gasteiger partial charge in [0.25, 0.3) is 0 Å². The molecule has 3 aliphatic rings. The highest BCUT2D eigenvalue weighted by molar-refractivity contribution is 5.81. The number of rotatable bonds is 5. The number of likely N-dealkylation sites (tertiary alicyclic amines) is 2. The molecule has 6 heteroatoms. The molecule has 0 aromatic rings. The van der Waals surface area contributed by atoms with Gasteiger partial charge in [-0.25, -0.2) is 0 Å². The molecule has 2 saturated heterocycles. The van der Waals surface area contributed by atoms with Crippen LogP contribution in [0.1, 0.15) is 71.6 Å². The number of aliphatic imine (C=N–C) groups is 1. The van der Waals surface area contributed by atoms with Crippen molar-refractivity contribution in [1.82, 2.24) is 20.4 Å². The fourth-order valence-corrected chi connectivity index (χ4v) is 5.21. The van der Waals surface area contributed by atoms with Crippen LogP contribution in [-0.4, -0.2) is 73.0 Å². The SMILES string of the molecule is CN=C(NCC(C)N1CCCCC1C)NC1CCN(C(=O)C2CCCCC2)C1. The Morgan fingerprint density at radius 3 is 2.54 bits per heavy atom. The van der Waals surface area contributed by atoms with Crippen molar-refractivity contribution in [2.24, 2.45) is 10.9 Å². The summed E-state index contributed by atoms with van der Waals surface area (Å²) < 4.78 is 0. The van der Waals surface area contributed by atoms with Gasteiger partial charge in [-0.15, -0.1) is 0 Å². The topological polar surface area (TPSA) is 60.0 Å². The largest absolute Gasteiger partial charge is 0.355 e. The number of nitrogens with zero attached hydrogens (tertiary/aromatic N) is 3. The van der Waals surface area contributed by atoms with Gasteiger partial charge < -0.3 is 15.5 Å². The first-order valence-corrected chi connectivity index (χ1v) is 11.6. The number of nitrogens with one attached hydrogen (secondary N) is 2. The number of hydrogen-bond donors (Lipinski definition) is 2. The van der Waals surface area contributed by atoms with Gasteiger partial charge in [-0.2, -0.15) is 0 Å². The Bertz CT molecular complexity index is 531. The average molecular weight is 392 g/mol. The first-order valence-electron chi connectivity index (χ1n) is 11.6. The highest BCUT2D eigenvalue weighted by atomic mass is 16.2. The van der Waals surface area contributed by atoms with Gasteiger partial charge in [-0.3, -0.25) is 14.7 Å². The molecule has 28 heavy (non-hydrogen) atoms. The highest BCUT2D eigenvalue weighted by Gasteiger charge is 2.32. The van der Waals surface area contributed by atoms with Crippen LogP contribution < -0.4 is 10.6 Å². The lowest BCUT2D eigenvalue weighted by Crippen LogP contribution is -2.51. The second-order valence-corrected chi connectivity index (χ2v) is 9.13. The average Bonchev–Trinajstić information content (AvgIpc) is 3.19. The first kappa shape index (κ1) is 21.4. The first-order chi connectivity index (χ1) is 13.6. The molecule has 160 valence electrons. The van der Waals surface area contributed by atoms with Crippen molar-refractivity contribution in [2.75, 3.05) is 33.2 Å². The zero-order valence-electron chi connectivity index (χ0n) is 18.3. The van der Waals surface area contributed by atoms with E-state index in [1.165, 1.54) is 45.1 Å². The third-order valence-corrected chi connectivity index (χ3v) is 7.00. The maximum atomic E-state index is 12.8. The maximum absolute atomic E-state index is 12.8. The lowest BCUT2D eigenvalue weighted by atomic mass is 9.88. The third kappa shape index (κ3) is 5.62. The van der Waals surface area contributed by atoms with E-state index >= 15 is 0 Å². The van der Waals surface area contributed by atoms with Gasteiger partial charge in [0, 0.05) is 50.7 Å². The number of amides is 1. The molecule has 1 amide bonds. The van der Waals surface area contributed by atoms with E-state index in [0.717, 1.165) is 44.9 Å². The quantitative estimate of drug-likeness (QED) is 0.559. The minimum Gasteiger partial charge on any atom is -0.355 e. The Balaban J connectivity index is 1.41. The van der Waals surface area contributed by atoms with E-state index in [9.17, 15) is 4.79 Å². The van der Waals surface area contributed by atoms with Crippen LogP contribution in [0.15, 0.2) is 4.99 Å². The molecule has 1 saturated carbocycles. The number of carbonyl (C=O) groups excluding carboxylic acids is 1. The molecule has 6 nitrogen and oxygen atoms in total. The molecule has 0 radical (unpaired) electrons. The zero-order chi connectivity index (χ0) is 19.9. The fraction of sp³-hybridized carbons (Fsp3) is 0.909. The van der Waals surface area contributed by atoms with Crippen LogP contribution in [0, 0.1) is 5.92 Å². The molecular weight excluding hydrogens is 350 g/mol. The summed E-state index contributed by atoms with van der Waals surface area (Å²) in [5.41, 5.74) is 0. The summed E-state index contributed by atoms with van der Waals surface area (Å²) >= 11 is 0. The zero-order valence-corrected chi connectivity index (χ0v) is 18.3. The Morgan fingerprint density at radius 2 is 1.82 bits per heavy atom. The Kier molecular flexibility index (Phi) is 8.00. The van der Waals surface area contributed by atoms with Gasteiger partial charge in [0.1, 0.15) is 0 Å². The van der Waals surface area contributed by atoms with Gasteiger partial charge in [-0.05, 0) is 52.5 Å². The molecule has 3 atom stereocenters. The van der Waals surface area contributed by atoms with E-state index < -0.39 is 0 Å². The Labute approximate surface area is 171 Å². The molecule has 3 rings (SSSR count). The molecular formula is C22H41N5O. The predicted molar refractivity (Wildman–Crippen MR) is 116 cm³/mol. The molecule has 1 aliphatic carbocycles. The van der Waals surface area contributed by atoms with Gasteiger partial charge >= 0.3 is 0 Å². The van der Waals surface area contributed by atoms with Crippen molar-refractivity contribution >= 4 is 11.9 Å². The molecule has 3 fully saturated rings. The van der Waals surface area contributed by atoms with Gasteiger partial charge in [0.2, 0.25) is 5.91 Å². The second-order valence-electron chi connectivity index (χ2n) is 9.13. The van der Waals surface area contributed by atoms with Crippen molar-refractivity contribution in [2.45, 2.75) is 89.8 Å². The maximum Gasteiger partial charge on any atom is 0.225 e. The number of piperidine rings is 1. The van der Waals surface area contributed by atoms with Crippen LogP contribution in [0.4, 0.5) is 0 Å². The van der Waals surface area contributed by atoms with Crippen LogP contribution in [0.3, 0.4) is 0 Å². The van der Waals surface area contributed by atoms with E-state index in [1.54, 1.807) is 0 Å². The van der Waals surface area contributed by atoms with Crippen molar-refractivity contribution < 1.29 is 4.79 Å². The van der Waals surface area contributed by atoms with E-state index in [-0.39, 0.29) is 5.92 Å². The van der Waals surface area contributed by atoms with Crippen LogP contribution in [0.5, 0.6) is 0 Å². The van der Waals surface area contributed by atoms with Crippen molar-refractivity contribution in [3.63, 3.8) is 0 Å². The predicted octanol–water partition coefficient (Wildman–Crippen LogP) is 2.60. The van der Waals surface area contributed by atoms with Crippen LogP contribution >= 0.6 is 0 Å². The van der Waals surface area contributed by atoms with Crippen LogP contribution in [0.25, 0.3) is 0 Å². The van der Waals surface area contributed by atoms with Crippen molar-refractivity contribution in [1.29, 1.82) is 0 Å². The summed E-state index contributed by atoms with van der Waals surface area (Å²) in [7, 11) is 1.84.